The number of fused-ring (bicyclic) bond motifs is 1. The average molecular weight is 638 g/mol. The molecule has 184 valence electrons. The van der Waals surface area contributed by atoms with E-state index in [0.717, 1.165) is 8.14 Å². The van der Waals surface area contributed by atoms with E-state index in [4.69, 9.17) is 23.2 Å². The lowest BCUT2D eigenvalue weighted by molar-refractivity contribution is -0.139. The molecule has 11 heteroatoms. The monoisotopic (exact) mass is 637 g/mol. The van der Waals surface area contributed by atoms with Crippen LogP contribution in [0.25, 0.3) is 16.6 Å². The molecule has 0 fully saturated rings. The molecule has 1 heterocycles. The van der Waals surface area contributed by atoms with Gasteiger partial charge in [0.05, 0.1) is 32.2 Å². The zero-order chi connectivity index (χ0) is 26.1. The number of nitrogens with zero attached hydrogens (tertiary/aromatic N) is 2. The lowest BCUT2D eigenvalue weighted by Gasteiger charge is -2.16. The van der Waals surface area contributed by atoms with Crippen LogP contribution in [0.5, 0.6) is 0 Å². The van der Waals surface area contributed by atoms with E-state index < -0.39 is 29.2 Å². The Hall–Kier alpha value is -3.15. The molecule has 8 nitrogen and oxygen atoms in total. The van der Waals surface area contributed by atoms with Crippen LogP contribution in [0, 0.1) is 3.57 Å². The van der Waals surface area contributed by atoms with E-state index in [0.29, 0.717) is 22.2 Å². The quantitative estimate of drug-likeness (QED) is 0.310. The SMILES string of the molecule is Cn1c(=O)n(-c2ccc(CC(NC(=O)c3c(Cl)cccc3Cl)C(=O)O)cc2)c(=O)c2cc(I)ccc21. The Labute approximate surface area is 228 Å². The van der Waals surface area contributed by atoms with Gasteiger partial charge in [-0.05, 0) is 70.6 Å². The number of halogens is 3. The summed E-state index contributed by atoms with van der Waals surface area (Å²) in [7, 11) is 1.59. The molecule has 0 aliphatic rings. The zero-order valence-corrected chi connectivity index (χ0v) is 22.3. The van der Waals surface area contributed by atoms with Crippen LogP contribution >= 0.6 is 45.8 Å². The van der Waals surface area contributed by atoms with Crippen molar-refractivity contribution in [1.29, 1.82) is 0 Å². The van der Waals surface area contributed by atoms with Gasteiger partial charge in [-0.3, -0.25) is 14.2 Å². The summed E-state index contributed by atoms with van der Waals surface area (Å²) in [6.45, 7) is 0. The molecule has 0 bridgehead atoms. The largest absolute Gasteiger partial charge is 0.480 e. The molecule has 1 unspecified atom stereocenters. The average Bonchev–Trinajstić information content (AvgIpc) is 2.83. The normalized spacial score (nSPS) is 11.9. The number of nitrogens with one attached hydrogen (secondary N) is 1. The summed E-state index contributed by atoms with van der Waals surface area (Å²) < 4.78 is 3.33. The topological polar surface area (TPSA) is 110 Å². The van der Waals surface area contributed by atoms with E-state index in [-0.39, 0.29) is 22.0 Å². The minimum Gasteiger partial charge on any atom is -0.480 e. The highest BCUT2D eigenvalue weighted by Crippen LogP contribution is 2.24. The molecule has 1 atom stereocenters. The van der Waals surface area contributed by atoms with Crippen molar-refractivity contribution in [3.63, 3.8) is 0 Å². The Morgan fingerprint density at radius 1 is 1.03 bits per heavy atom. The molecule has 1 amide bonds. The molecule has 0 radical (unpaired) electrons. The smallest absolute Gasteiger partial charge is 0.335 e. The highest BCUT2D eigenvalue weighted by molar-refractivity contribution is 14.1. The van der Waals surface area contributed by atoms with E-state index in [1.807, 2.05) is 6.07 Å². The summed E-state index contributed by atoms with van der Waals surface area (Å²) in [5.74, 6) is -1.96. The van der Waals surface area contributed by atoms with E-state index in [1.165, 1.54) is 16.7 Å². The Balaban J connectivity index is 1.63. The molecule has 2 N–H and O–H groups in total. The van der Waals surface area contributed by atoms with Crippen LogP contribution in [0.1, 0.15) is 15.9 Å². The van der Waals surface area contributed by atoms with Gasteiger partial charge in [-0.15, -0.1) is 0 Å². The number of benzene rings is 3. The van der Waals surface area contributed by atoms with Crippen LogP contribution in [0.3, 0.4) is 0 Å². The summed E-state index contributed by atoms with van der Waals surface area (Å²) in [5, 5.41) is 12.7. The maximum atomic E-state index is 13.1. The maximum Gasteiger partial charge on any atom is 0.335 e. The van der Waals surface area contributed by atoms with Gasteiger partial charge in [0.25, 0.3) is 11.5 Å². The molecule has 4 aromatic rings. The third kappa shape index (κ3) is 5.04. The number of hydrogen-bond donors (Lipinski definition) is 2. The molecular weight excluding hydrogens is 620 g/mol. The fourth-order valence-electron chi connectivity index (χ4n) is 3.82. The molecular formula is C25H18Cl2IN3O5. The van der Waals surface area contributed by atoms with Gasteiger partial charge in [0.2, 0.25) is 0 Å². The van der Waals surface area contributed by atoms with Gasteiger partial charge in [-0.2, -0.15) is 0 Å². The molecule has 0 spiro atoms. The zero-order valence-electron chi connectivity index (χ0n) is 18.7. The van der Waals surface area contributed by atoms with Crippen molar-refractivity contribution in [2.75, 3.05) is 0 Å². The van der Waals surface area contributed by atoms with Crippen LogP contribution in [0.4, 0.5) is 0 Å². The summed E-state index contributed by atoms with van der Waals surface area (Å²) in [6, 6.07) is 14.9. The van der Waals surface area contributed by atoms with Crippen LogP contribution in [-0.4, -0.2) is 32.2 Å². The number of aromatic nitrogens is 2. The fraction of sp³-hybridized carbons (Fsp3) is 0.120. The fourth-order valence-corrected chi connectivity index (χ4v) is 4.88. The van der Waals surface area contributed by atoms with E-state index in [1.54, 1.807) is 49.5 Å². The summed E-state index contributed by atoms with van der Waals surface area (Å²) >= 11 is 14.2. The van der Waals surface area contributed by atoms with Crippen molar-refractivity contribution in [3.8, 4) is 5.69 Å². The lowest BCUT2D eigenvalue weighted by Crippen LogP contribution is -2.42. The van der Waals surface area contributed by atoms with Crippen LogP contribution < -0.4 is 16.6 Å². The minimum absolute atomic E-state index is 0.0105. The second kappa shape index (κ2) is 10.5. The Morgan fingerprint density at radius 3 is 2.28 bits per heavy atom. The van der Waals surface area contributed by atoms with Crippen LogP contribution in [0.15, 0.2) is 70.3 Å². The number of amides is 1. The third-order valence-electron chi connectivity index (χ3n) is 5.66. The first kappa shape index (κ1) is 25.9. The predicted octanol–water partition coefficient (Wildman–Crippen LogP) is 4.03. The second-order valence-electron chi connectivity index (χ2n) is 7.98. The minimum atomic E-state index is -1.27. The Kier molecular flexibility index (Phi) is 7.53. The number of hydrogen-bond acceptors (Lipinski definition) is 4. The van der Waals surface area contributed by atoms with Crippen LogP contribution in [0.2, 0.25) is 10.0 Å². The van der Waals surface area contributed by atoms with E-state index in [9.17, 15) is 24.3 Å². The van der Waals surface area contributed by atoms with Gasteiger partial charge in [0, 0.05) is 17.0 Å². The van der Waals surface area contributed by atoms with Gasteiger partial charge >= 0.3 is 11.7 Å². The van der Waals surface area contributed by atoms with Crippen molar-refractivity contribution in [1.82, 2.24) is 14.5 Å². The van der Waals surface area contributed by atoms with Crippen molar-refractivity contribution in [2.45, 2.75) is 12.5 Å². The number of rotatable bonds is 6. The van der Waals surface area contributed by atoms with Crippen molar-refractivity contribution in [2.24, 2.45) is 7.05 Å². The van der Waals surface area contributed by atoms with Gasteiger partial charge in [-0.1, -0.05) is 41.4 Å². The molecule has 0 aliphatic carbocycles. The van der Waals surface area contributed by atoms with Crippen LogP contribution in [-0.2, 0) is 18.3 Å². The number of carbonyl (C=O) groups excluding carboxylic acids is 1. The number of carbonyl (C=O) groups is 2. The van der Waals surface area contributed by atoms with Crippen molar-refractivity contribution in [3.05, 3.63) is 106 Å². The number of aliphatic carboxylic acids is 1. The summed E-state index contributed by atoms with van der Waals surface area (Å²) in [5.41, 5.74) is 0.460. The van der Waals surface area contributed by atoms with E-state index >= 15 is 0 Å². The Morgan fingerprint density at radius 2 is 1.67 bits per heavy atom. The molecule has 3 aromatic carbocycles. The van der Waals surface area contributed by atoms with E-state index in [2.05, 4.69) is 27.9 Å². The first-order valence-corrected chi connectivity index (χ1v) is 12.4. The summed E-state index contributed by atoms with van der Waals surface area (Å²) in [4.78, 5) is 50.5. The van der Waals surface area contributed by atoms with Gasteiger partial charge < -0.3 is 10.4 Å². The molecule has 0 saturated carbocycles. The number of carboxylic acid groups (broad SMARTS) is 1. The van der Waals surface area contributed by atoms with Crippen molar-refractivity contribution < 1.29 is 14.7 Å². The molecule has 4 rings (SSSR count). The molecule has 0 saturated heterocycles. The highest BCUT2D eigenvalue weighted by Gasteiger charge is 2.24. The maximum absolute atomic E-state index is 13.1. The number of aryl methyl sites for hydroxylation is 1. The standard InChI is InChI=1S/C25H18Cl2IN3O5/c1-30-20-10-7-14(28)12-16(20)23(33)31(25(30)36)15-8-5-13(6-9-15)11-19(24(34)35)29-22(32)21-17(26)3-2-4-18(21)27/h2-10,12,19H,11H2,1H3,(H,29,32)(H,34,35). The first-order chi connectivity index (χ1) is 17.1. The lowest BCUT2D eigenvalue weighted by atomic mass is 10.0. The molecule has 36 heavy (non-hydrogen) atoms. The Bertz CT molecular complexity index is 1610. The third-order valence-corrected chi connectivity index (χ3v) is 6.96. The highest BCUT2D eigenvalue weighted by atomic mass is 127. The van der Waals surface area contributed by atoms with Gasteiger partial charge in [0.15, 0.2) is 0 Å². The summed E-state index contributed by atoms with van der Waals surface area (Å²) in [6.07, 6.45) is -0.0494. The second-order valence-corrected chi connectivity index (χ2v) is 10.0. The predicted molar refractivity (Wildman–Crippen MR) is 147 cm³/mol. The van der Waals surface area contributed by atoms with Gasteiger partial charge in [-0.25, -0.2) is 14.2 Å². The number of carboxylic acids is 1. The van der Waals surface area contributed by atoms with Gasteiger partial charge in [0.1, 0.15) is 6.04 Å². The first-order valence-electron chi connectivity index (χ1n) is 10.6. The molecule has 0 aliphatic heterocycles. The molecule has 1 aromatic heterocycles. The van der Waals surface area contributed by atoms with Crippen molar-refractivity contribution >= 4 is 68.6 Å².